The van der Waals surface area contributed by atoms with Crippen molar-refractivity contribution >= 4 is 0 Å². The van der Waals surface area contributed by atoms with Crippen LogP contribution >= 0.6 is 0 Å². The van der Waals surface area contributed by atoms with Crippen LogP contribution in [0.2, 0.25) is 0 Å². The average Bonchev–Trinajstić information content (AvgIpc) is 2.98. The molecule has 0 aromatic heterocycles. The van der Waals surface area contributed by atoms with E-state index in [0.717, 1.165) is 23.6 Å². The van der Waals surface area contributed by atoms with Gasteiger partial charge in [0.05, 0.1) is 6.61 Å². The maximum absolute atomic E-state index is 10.4. The number of β-amino-alcohol motifs (C(OH)–C–C–N with tert-alkyl or cyclic N) is 1. The zero-order chi connectivity index (χ0) is 19.4. The molecule has 0 bridgehead atoms. The first-order valence-corrected chi connectivity index (χ1v) is 9.44. The Hall–Kier alpha value is -2.08. The number of hydrogen-bond acceptors (Lipinski definition) is 5. The normalized spacial score (nSPS) is 20.0. The second-order valence-corrected chi connectivity index (χ2v) is 7.32. The van der Waals surface area contributed by atoms with Crippen molar-refractivity contribution < 1.29 is 19.7 Å². The summed E-state index contributed by atoms with van der Waals surface area (Å²) in [7, 11) is 0. The fourth-order valence-corrected chi connectivity index (χ4v) is 3.43. The van der Waals surface area contributed by atoms with Gasteiger partial charge in [-0.3, -0.25) is 4.90 Å². The molecule has 0 radical (unpaired) electrons. The van der Waals surface area contributed by atoms with Gasteiger partial charge in [0.15, 0.2) is 0 Å². The average molecular weight is 371 g/mol. The van der Waals surface area contributed by atoms with Crippen molar-refractivity contribution in [3.05, 3.63) is 58.7 Å². The Balaban J connectivity index is 1.58. The minimum Gasteiger partial charge on any atom is -0.491 e. The highest BCUT2D eigenvalue weighted by atomic mass is 16.5. The van der Waals surface area contributed by atoms with E-state index < -0.39 is 6.10 Å². The lowest BCUT2D eigenvalue weighted by Gasteiger charge is -2.19. The summed E-state index contributed by atoms with van der Waals surface area (Å²) in [4.78, 5) is 2.20. The van der Waals surface area contributed by atoms with E-state index in [-0.39, 0.29) is 12.7 Å². The van der Waals surface area contributed by atoms with E-state index in [1.807, 2.05) is 36.4 Å². The predicted octanol–water partition coefficient (Wildman–Crippen LogP) is 2.61. The first-order chi connectivity index (χ1) is 13.0. The van der Waals surface area contributed by atoms with Gasteiger partial charge in [-0.15, -0.1) is 0 Å². The summed E-state index contributed by atoms with van der Waals surface area (Å²) < 4.78 is 11.5. The first kappa shape index (κ1) is 19.7. The number of nitrogens with zero attached hydrogens (tertiary/aromatic N) is 1. The van der Waals surface area contributed by atoms with Crippen LogP contribution < -0.4 is 9.47 Å². The highest BCUT2D eigenvalue weighted by Gasteiger charge is 2.33. The number of likely N-dealkylation sites (tertiary alicyclic amines) is 1. The summed E-state index contributed by atoms with van der Waals surface area (Å²) in [6.07, 6.45) is -0.724. The second-order valence-electron chi connectivity index (χ2n) is 7.32. The van der Waals surface area contributed by atoms with Crippen LogP contribution in [0.3, 0.4) is 0 Å². The van der Waals surface area contributed by atoms with Crippen molar-refractivity contribution in [2.24, 2.45) is 0 Å². The van der Waals surface area contributed by atoms with E-state index >= 15 is 0 Å². The monoisotopic (exact) mass is 371 g/mol. The molecule has 0 aliphatic carbocycles. The Kier molecular flexibility index (Phi) is 6.37. The van der Waals surface area contributed by atoms with Gasteiger partial charge in [0.2, 0.25) is 0 Å². The fraction of sp³-hybridized carbons (Fsp3) is 0.455. The molecule has 1 saturated heterocycles. The van der Waals surface area contributed by atoms with E-state index in [4.69, 9.17) is 14.6 Å². The summed E-state index contributed by atoms with van der Waals surface area (Å²) in [6.45, 7) is 8.63. The first-order valence-electron chi connectivity index (χ1n) is 9.44. The molecule has 3 rings (SSSR count). The van der Waals surface area contributed by atoms with E-state index in [0.29, 0.717) is 19.7 Å². The summed E-state index contributed by atoms with van der Waals surface area (Å²) in [5.74, 6) is 1.58. The molecule has 1 heterocycles. The van der Waals surface area contributed by atoms with E-state index in [2.05, 4.69) is 25.7 Å². The van der Waals surface area contributed by atoms with Gasteiger partial charge < -0.3 is 19.7 Å². The van der Waals surface area contributed by atoms with Crippen LogP contribution in [0.15, 0.2) is 36.4 Å². The molecule has 5 nitrogen and oxygen atoms in total. The molecule has 27 heavy (non-hydrogen) atoms. The molecule has 2 aromatic rings. The smallest absolute Gasteiger partial charge is 0.138 e. The van der Waals surface area contributed by atoms with Gasteiger partial charge in [0.1, 0.15) is 30.3 Å². The van der Waals surface area contributed by atoms with Crippen molar-refractivity contribution in [3.8, 4) is 11.5 Å². The summed E-state index contributed by atoms with van der Waals surface area (Å²) in [5, 5.41) is 19.2. The Labute approximate surface area is 161 Å². The molecule has 2 aromatic carbocycles. The topological polar surface area (TPSA) is 62.2 Å². The largest absolute Gasteiger partial charge is 0.491 e. The molecule has 0 saturated carbocycles. The van der Waals surface area contributed by atoms with Crippen LogP contribution in [0.1, 0.15) is 22.3 Å². The lowest BCUT2D eigenvalue weighted by molar-refractivity contribution is 0.0736. The summed E-state index contributed by atoms with van der Waals surface area (Å²) in [6, 6.07) is 11.9. The Morgan fingerprint density at radius 3 is 2.30 bits per heavy atom. The minimum atomic E-state index is -0.501. The van der Waals surface area contributed by atoms with Gasteiger partial charge in [0, 0.05) is 19.6 Å². The number of hydrogen-bond donors (Lipinski definition) is 2. The molecule has 1 aliphatic rings. The van der Waals surface area contributed by atoms with E-state index in [1.165, 1.54) is 16.7 Å². The molecule has 5 heteroatoms. The van der Waals surface area contributed by atoms with Crippen LogP contribution in [0, 0.1) is 20.8 Å². The number of ether oxygens (including phenoxy) is 2. The van der Waals surface area contributed by atoms with Gasteiger partial charge >= 0.3 is 0 Å². The predicted molar refractivity (Wildman–Crippen MR) is 105 cm³/mol. The SMILES string of the molecule is Cc1cc(O[C@H]2CN(Cc3ccc(OCCO)cc3)C[C@@H]2O)cc(C)c1C. The highest BCUT2D eigenvalue weighted by Crippen LogP contribution is 2.25. The van der Waals surface area contributed by atoms with Crippen molar-refractivity contribution in [1.82, 2.24) is 4.90 Å². The molecular weight excluding hydrogens is 342 g/mol. The Bertz CT molecular complexity index is 736. The zero-order valence-electron chi connectivity index (χ0n) is 16.3. The van der Waals surface area contributed by atoms with Crippen LogP contribution in [-0.4, -0.2) is 53.6 Å². The van der Waals surface area contributed by atoms with Crippen LogP contribution in [0.5, 0.6) is 11.5 Å². The number of rotatable bonds is 7. The quantitative estimate of drug-likeness (QED) is 0.783. The third-order valence-corrected chi connectivity index (χ3v) is 5.19. The van der Waals surface area contributed by atoms with Crippen LogP contribution in [0.25, 0.3) is 0 Å². The molecule has 0 amide bonds. The van der Waals surface area contributed by atoms with Crippen molar-refractivity contribution in [1.29, 1.82) is 0 Å². The number of aliphatic hydroxyl groups is 2. The lowest BCUT2D eigenvalue weighted by atomic mass is 10.0. The maximum Gasteiger partial charge on any atom is 0.138 e. The summed E-state index contributed by atoms with van der Waals surface area (Å²) >= 11 is 0. The summed E-state index contributed by atoms with van der Waals surface area (Å²) in [5.41, 5.74) is 4.85. The minimum absolute atomic E-state index is 0.00877. The van der Waals surface area contributed by atoms with Crippen LogP contribution in [-0.2, 0) is 6.54 Å². The van der Waals surface area contributed by atoms with E-state index in [9.17, 15) is 5.11 Å². The standard InChI is InChI=1S/C22H29NO4/c1-15-10-20(11-16(2)17(15)3)27-22-14-23(13-21(22)25)12-18-4-6-19(7-5-18)26-9-8-24/h4-7,10-11,21-22,24-25H,8-9,12-14H2,1-3H3/t21-,22-/m0/s1. The Morgan fingerprint density at radius 2 is 1.67 bits per heavy atom. The van der Waals surface area contributed by atoms with Crippen LogP contribution in [0.4, 0.5) is 0 Å². The van der Waals surface area contributed by atoms with Gasteiger partial charge in [-0.1, -0.05) is 12.1 Å². The molecule has 0 spiro atoms. The third-order valence-electron chi connectivity index (χ3n) is 5.19. The molecule has 2 atom stereocenters. The lowest BCUT2D eigenvalue weighted by Crippen LogP contribution is -2.30. The Morgan fingerprint density at radius 1 is 1.00 bits per heavy atom. The van der Waals surface area contributed by atoms with Crippen molar-refractivity contribution in [2.75, 3.05) is 26.3 Å². The molecule has 146 valence electrons. The van der Waals surface area contributed by atoms with Crippen molar-refractivity contribution in [3.63, 3.8) is 0 Å². The molecular formula is C22H29NO4. The molecule has 1 fully saturated rings. The molecule has 0 unspecified atom stereocenters. The second kappa shape index (κ2) is 8.74. The number of aryl methyl sites for hydroxylation is 2. The maximum atomic E-state index is 10.4. The van der Waals surface area contributed by atoms with Gasteiger partial charge in [-0.2, -0.15) is 0 Å². The van der Waals surface area contributed by atoms with Gasteiger partial charge in [-0.05, 0) is 67.3 Å². The zero-order valence-corrected chi connectivity index (χ0v) is 16.3. The van der Waals surface area contributed by atoms with Gasteiger partial charge in [-0.25, -0.2) is 0 Å². The highest BCUT2D eigenvalue weighted by molar-refractivity contribution is 5.40. The number of benzene rings is 2. The van der Waals surface area contributed by atoms with E-state index in [1.54, 1.807) is 0 Å². The number of aliphatic hydroxyl groups excluding tert-OH is 2. The van der Waals surface area contributed by atoms with Crippen molar-refractivity contribution in [2.45, 2.75) is 39.5 Å². The third kappa shape index (κ3) is 5.01. The molecule has 1 aliphatic heterocycles. The fourth-order valence-electron chi connectivity index (χ4n) is 3.43. The molecule has 2 N–H and O–H groups in total. The van der Waals surface area contributed by atoms with Gasteiger partial charge in [0.25, 0.3) is 0 Å².